The number of nitrogens with zero attached hydrogens (tertiary/aromatic N) is 2. The van der Waals surface area contributed by atoms with Gasteiger partial charge < -0.3 is 16.2 Å². The molecule has 1 aromatic heterocycles. The Morgan fingerprint density at radius 2 is 1.96 bits per heavy atom. The van der Waals surface area contributed by atoms with Crippen LogP contribution in [0.4, 0.5) is 5.82 Å². The average molecular weight is 326 g/mol. The number of nitrogens with one attached hydrogen (secondary N) is 1. The molecule has 1 saturated carbocycles. The van der Waals surface area contributed by atoms with Crippen LogP contribution in [0, 0.1) is 6.92 Å². The zero-order valence-electron chi connectivity index (χ0n) is 13.7. The van der Waals surface area contributed by atoms with Crippen LogP contribution in [0.2, 0.25) is 0 Å². The minimum Gasteiger partial charge on any atom is -0.508 e. The van der Waals surface area contributed by atoms with E-state index >= 15 is 0 Å². The fourth-order valence-electron chi connectivity index (χ4n) is 3.03. The van der Waals surface area contributed by atoms with Gasteiger partial charge in [0.05, 0.1) is 0 Å². The maximum absolute atomic E-state index is 11.6. The maximum atomic E-state index is 11.6. The van der Waals surface area contributed by atoms with E-state index in [2.05, 4.69) is 15.3 Å². The molecule has 0 bridgehead atoms. The third-order valence-corrected chi connectivity index (χ3v) is 4.39. The number of amides is 1. The number of aryl methyl sites for hydroxylation is 1. The van der Waals surface area contributed by atoms with Gasteiger partial charge in [0, 0.05) is 17.7 Å². The minimum atomic E-state index is -0.583. The van der Waals surface area contributed by atoms with E-state index in [9.17, 15) is 9.90 Å². The molecule has 1 aliphatic carbocycles. The van der Waals surface area contributed by atoms with Crippen molar-refractivity contribution in [1.82, 2.24) is 9.97 Å². The molecule has 0 radical (unpaired) electrons. The van der Waals surface area contributed by atoms with Gasteiger partial charge in [-0.3, -0.25) is 4.79 Å². The number of carbonyl (C=O) groups excluding carboxylic acids is 1. The van der Waals surface area contributed by atoms with Crippen molar-refractivity contribution in [3.8, 4) is 17.1 Å². The number of phenolic OH excluding ortho intramolecular Hbond substituents is 1. The summed E-state index contributed by atoms with van der Waals surface area (Å²) in [6.07, 6.45) is 5.88. The van der Waals surface area contributed by atoms with Crippen molar-refractivity contribution in [3.63, 3.8) is 0 Å². The molecule has 3 rings (SSSR count). The third-order valence-electron chi connectivity index (χ3n) is 4.39. The van der Waals surface area contributed by atoms with Crippen molar-refractivity contribution in [2.75, 3.05) is 5.32 Å². The van der Waals surface area contributed by atoms with Crippen LogP contribution >= 0.6 is 0 Å². The van der Waals surface area contributed by atoms with Crippen LogP contribution in [0.25, 0.3) is 11.4 Å². The monoisotopic (exact) mass is 326 g/mol. The molecule has 1 heterocycles. The molecule has 0 unspecified atom stereocenters. The predicted octanol–water partition coefficient (Wildman–Crippen LogP) is 3.00. The van der Waals surface area contributed by atoms with Crippen molar-refractivity contribution in [2.24, 2.45) is 5.73 Å². The Labute approximate surface area is 141 Å². The van der Waals surface area contributed by atoms with E-state index in [4.69, 9.17) is 5.73 Å². The summed E-state index contributed by atoms with van der Waals surface area (Å²) in [5.74, 6) is 0.672. The summed E-state index contributed by atoms with van der Waals surface area (Å²) in [5, 5.41) is 13.1. The highest BCUT2D eigenvalue weighted by Gasteiger charge is 2.16. The summed E-state index contributed by atoms with van der Waals surface area (Å²) in [7, 11) is 0. The van der Waals surface area contributed by atoms with E-state index in [1.165, 1.54) is 19.3 Å². The van der Waals surface area contributed by atoms with Crippen molar-refractivity contribution >= 4 is 11.7 Å². The normalized spacial score (nSPS) is 15.2. The lowest BCUT2D eigenvalue weighted by atomic mass is 9.95. The van der Waals surface area contributed by atoms with E-state index < -0.39 is 5.91 Å². The number of carbonyl (C=O) groups is 1. The number of rotatable bonds is 4. The molecular weight excluding hydrogens is 304 g/mol. The van der Waals surface area contributed by atoms with Crippen molar-refractivity contribution < 1.29 is 9.90 Å². The van der Waals surface area contributed by atoms with E-state index in [1.54, 1.807) is 31.2 Å². The van der Waals surface area contributed by atoms with Gasteiger partial charge in [0.25, 0.3) is 5.91 Å². The molecule has 0 atom stereocenters. The summed E-state index contributed by atoms with van der Waals surface area (Å²) < 4.78 is 0. The molecule has 126 valence electrons. The van der Waals surface area contributed by atoms with Crippen molar-refractivity contribution in [2.45, 2.75) is 45.1 Å². The second-order valence-electron chi connectivity index (χ2n) is 6.31. The Balaban J connectivity index is 1.95. The molecule has 1 fully saturated rings. The highest BCUT2D eigenvalue weighted by molar-refractivity contribution is 5.92. The molecule has 0 aliphatic heterocycles. The van der Waals surface area contributed by atoms with Gasteiger partial charge in [-0.25, -0.2) is 9.97 Å². The number of aromatic nitrogens is 2. The molecule has 6 nitrogen and oxygen atoms in total. The van der Waals surface area contributed by atoms with Gasteiger partial charge in [0.15, 0.2) is 5.82 Å². The fourth-order valence-corrected chi connectivity index (χ4v) is 3.03. The lowest BCUT2D eigenvalue weighted by molar-refractivity contribution is 0.0995. The number of phenols is 1. The van der Waals surface area contributed by atoms with Gasteiger partial charge in [-0.2, -0.15) is 0 Å². The topological polar surface area (TPSA) is 101 Å². The summed E-state index contributed by atoms with van der Waals surface area (Å²) in [4.78, 5) is 20.4. The summed E-state index contributed by atoms with van der Waals surface area (Å²) in [6, 6.07) is 7.09. The van der Waals surface area contributed by atoms with Crippen LogP contribution in [0.3, 0.4) is 0 Å². The number of hydrogen-bond acceptors (Lipinski definition) is 5. The van der Waals surface area contributed by atoms with Crippen LogP contribution < -0.4 is 11.1 Å². The van der Waals surface area contributed by atoms with Crippen LogP contribution in [-0.2, 0) is 0 Å². The molecule has 1 amide bonds. The third kappa shape index (κ3) is 3.64. The lowest BCUT2D eigenvalue weighted by Crippen LogP contribution is -2.24. The van der Waals surface area contributed by atoms with Crippen LogP contribution in [0.5, 0.6) is 5.75 Å². The molecule has 0 saturated heterocycles. The van der Waals surface area contributed by atoms with E-state index in [-0.39, 0.29) is 11.4 Å². The molecule has 1 aliphatic rings. The minimum absolute atomic E-state index is 0.184. The molecule has 24 heavy (non-hydrogen) atoms. The first kappa shape index (κ1) is 16.2. The van der Waals surface area contributed by atoms with Gasteiger partial charge in [-0.05, 0) is 43.5 Å². The smallest absolute Gasteiger partial charge is 0.267 e. The molecular formula is C18H22N4O2. The molecule has 1 aromatic carbocycles. The SMILES string of the molecule is Cc1cc(-c2nc(NC3CCCCC3)cc(C(N)=O)n2)ccc1O. The molecule has 2 aromatic rings. The second-order valence-corrected chi connectivity index (χ2v) is 6.31. The molecule has 0 spiro atoms. The van der Waals surface area contributed by atoms with Crippen LogP contribution in [0.1, 0.15) is 48.2 Å². The van der Waals surface area contributed by atoms with E-state index in [1.807, 2.05) is 0 Å². The van der Waals surface area contributed by atoms with Gasteiger partial charge in [-0.15, -0.1) is 0 Å². The number of anilines is 1. The number of primary amides is 1. The summed E-state index contributed by atoms with van der Waals surface area (Å²) >= 11 is 0. The standard InChI is InChI=1S/C18H22N4O2/c1-11-9-12(7-8-15(11)23)18-21-14(17(19)24)10-16(22-18)20-13-5-3-2-4-6-13/h7-10,13,23H,2-6H2,1H3,(H2,19,24)(H,20,21,22). The first-order chi connectivity index (χ1) is 11.5. The first-order valence-electron chi connectivity index (χ1n) is 8.28. The summed E-state index contributed by atoms with van der Waals surface area (Å²) in [6.45, 7) is 1.80. The number of hydrogen-bond donors (Lipinski definition) is 3. The number of nitrogens with two attached hydrogens (primary N) is 1. The quantitative estimate of drug-likeness (QED) is 0.802. The Kier molecular flexibility index (Phi) is 4.64. The first-order valence-corrected chi connectivity index (χ1v) is 8.28. The summed E-state index contributed by atoms with van der Waals surface area (Å²) in [5.41, 5.74) is 7.06. The Morgan fingerprint density at radius 1 is 1.21 bits per heavy atom. The largest absolute Gasteiger partial charge is 0.508 e. The van der Waals surface area contributed by atoms with Crippen molar-refractivity contribution in [1.29, 1.82) is 0 Å². The Bertz CT molecular complexity index is 755. The maximum Gasteiger partial charge on any atom is 0.267 e. The van der Waals surface area contributed by atoms with Gasteiger partial charge in [-0.1, -0.05) is 19.3 Å². The van der Waals surface area contributed by atoms with Crippen molar-refractivity contribution in [3.05, 3.63) is 35.5 Å². The number of aromatic hydroxyl groups is 1. The van der Waals surface area contributed by atoms with E-state index in [0.717, 1.165) is 24.0 Å². The lowest BCUT2D eigenvalue weighted by Gasteiger charge is -2.23. The molecule has 4 N–H and O–H groups in total. The predicted molar refractivity (Wildman–Crippen MR) is 92.9 cm³/mol. The fraction of sp³-hybridized carbons (Fsp3) is 0.389. The highest BCUT2D eigenvalue weighted by atomic mass is 16.3. The van der Waals surface area contributed by atoms with E-state index in [0.29, 0.717) is 17.7 Å². The van der Waals surface area contributed by atoms with Gasteiger partial charge >= 0.3 is 0 Å². The number of benzene rings is 1. The molecule has 6 heteroatoms. The second kappa shape index (κ2) is 6.86. The van der Waals surface area contributed by atoms with Crippen LogP contribution in [-0.4, -0.2) is 27.0 Å². The van der Waals surface area contributed by atoms with Crippen LogP contribution in [0.15, 0.2) is 24.3 Å². The zero-order chi connectivity index (χ0) is 17.1. The average Bonchev–Trinajstić information content (AvgIpc) is 2.58. The van der Waals surface area contributed by atoms with Gasteiger partial charge in [0.1, 0.15) is 17.3 Å². The Hall–Kier alpha value is -2.63. The van der Waals surface area contributed by atoms with Gasteiger partial charge in [0.2, 0.25) is 0 Å². The highest BCUT2D eigenvalue weighted by Crippen LogP contribution is 2.26. The zero-order valence-corrected chi connectivity index (χ0v) is 13.7. The Morgan fingerprint density at radius 3 is 2.62 bits per heavy atom.